The molecule has 27 heavy (non-hydrogen) atoms. The average Bonchev–Trinajstić information content (AvgIpc) is 3.14. The van der Waals surface area contributed by atoms with Gasteiger partial charge in [0.05, 0.1) is 0 Å². The smallest absolute Gasteiger partial charge is 0.226 e. The second-order valence-corrected chi connectivity index (χ2v) is 7.28. The molecule has 2 aromatic rings. The van der Waals surface area contributed by atoms with Gasteiger partial charge in [0.2, 0.25) is 22.9 Å². The number of nitrogens with zero attached hydrogens (tertiary/aromatic N) is 6. The van der Waals surface area contributed by atoms with E-state index in [2.05, 4.69) is 37.3 Å². The van der Waals surface area contributed by atoms with Crippen molar-refractivity contribution in [2.24, 2.45) is 0 Å². The van der Waals surface area contributed by atoms with Crippen molar-refractivity contribution in [3.8, 4) is 0 Å². The van der Waals surface area contributed by atoms with E-state index in [4.69, 9.17) is 0 Å². The summed E-state index contributed by atoms with van der Waals surface area (Å²) in [5.74, 6) is 0.463. The van der Waals surface area contributed by atoms with E-state index in [0.29, 0.717) is 37.3 Å². The van der Waals surface area contributed by atoms with Gasteiger partial charge in [0.15, 0.2) is 0 Å². The fourth-order valence-corrected chi connectivity index (χ4v) is 3.65. The molecule has 0 bridgehead atoms. The van der Waals surface area contributed by atoms with Gasteiger partial charge in [-0.25, -0.2) is 9.97 Å². The molecule has 2 aromatic heterocycles. The van der Waals surface area contributed by atoms with Gasteiger partial charge in [-0.05, 0) is 12.5 Å². The number of nitrogens with one attached hydrogen (secondary N) is 1. The Balaban J connectivity index is 1.39. The lowest BCUT2D eigenvalue weighted by atomic mass is 10.2. The van der Waals surface area contributed by atoms with Gasteiger partial charge in [-0.3, -0.25) is 9.59 Å². The van der Waals surface area contributed by atoms with Crippen molar-refractivity contribution in [3.63, 3.8) is 0 Å². The normalized spacial score (nSPS) is 14.3. The number of hydrogen-bond donors (Lipinski definition) is 1. The van der Waals surface area contributed by atoms with E-state index in [1.165, 1.54) is 11.3 Å². The van der Waals surface area contributed by atoms with Crippen LogP contribution in [0, 0.1) is 0 Å². The van der Waals surface area contributed by atoms with Gasteiger partial charge in [-0.2, -0.15) is 0 Å². The zero-order valence-electron chi connectivity index (χ0n) is 15.3. The Hall–Kier alpha value is -2.62. The topological polar surface area (TPSA) is 104 Å². The molecule has 0 atom stereocenters. The van der Waals surface area contributed by atoms with Crippen LogP contribution in [0.3, 0.4) is 0 Å². The minimum absolute atomic E-state index is 0.0114. The highest BCUT2D eigenvalue weighted by atomic mass is 32.1. The minimum atomic E-state index is -0.209. The maximum absolute atomic E-state index is 12.4. The monoisotopic (exact) mass is 389 g/mol. The molecular formula is C17H23N7O2S. The molecular weight excluding hydrogens is 366 g/mol. The van der Waals surface area contributed by atoms with Gasteiger partial charge in [-0.15, -0.1) is 10.2 Å². The lowest BCUT2D eigenvalue weighted by Crippen LogP contribution is -2.49. The number of piperazine rings is 1. The summed E-state index contributed by atoms with van der Waals surface area (Å²) in [6.45, 7) is 4.66. The molecule has 9 nitrogen and oxygen atoms in total. The summed E-state index contributed by atoms with van der Waals surface area (Å²) < 4.78 is 0. The molecule has 0 saturated carbocycles. The van der Waals surface area contributed by atoms with E-state index in [1.54, 1.807) is 23.4 Å². The maximum Gasteiger partial charge on any atom is 0.226 e. The number of anilines is 2. The molecule has 0 radical (unpaired) electrons. The van der Waals surface area contributed by atoms with E-state index in [-0.39, 0.29) is 24.7 Å². The molecule has 1 aliphatic rings. The van der Waals surface area contributed by atoms with Crippen molar-refractivity contribution in [3.05, 3.63) is 23.5 Å². The molecule has 3 heterocycles. The number of amides is 2. The zero-order valence-corrected chi connectivity index (χ0v) is 16.1. The van der Waals surface area contributed by atoms with Crippen LogP contribution >= 0.6 is 11.3 Å². The number of rotatable bonds is 7. The van der Waals surface area contributed by atoms with Gasteiger partial charge in [0.25, 0.3) is 0 Å². The highest BCUT2D eigenvalue weighted by molar-refractivity contribution is 7.15. The second-order valence-electron chi connectivity index (χ2n) is 6.22. The van der Waals surface area contributed by atoms with Crippen LogP contribution in [0.15, 0.2) is 18.5 Å². The van der Waals surface area contributed by atoms with E-state index >= 15 is 0 Å². The second kappa shape index (κ2) is 9.36. The molecule has 2 amide bonds. The third-order valence-electron chi connectivity index (χ3n) is 4.21. The van der Waals surface area contributed by atoms with Crippen molar-refractivity contribution in [1.82, 2.24) is 25.1 Å². The van der Waals surface area contributed by atoms with E-state index in [0.717, 1.165) is 17.8 Å². The lowest BCUT2D eigenvalue weighted by molar-refractivity contribution is -0.133. The molecule has 1 N–H and O–H groups in total. The van der Waals surface area contributed by atoms with Crippen LogP contribution in [0.2, 0.25) is 0 Å². The zero-order chi connectivity index (χ0) is 19.1. The van der Waals surface area contributed by atoms with Crippen molar-refractivity contribution in [2.75, 3.05) is 36.4 Å². The Morgan fingerprint density at radius 1 is 1.11 bits per heavy atom. The van der Waals surface area contributed by atoms with Crippen LogP contribution in [0.1, 0.15) is 31.2 Å². The minimum Gasteiger partial charge on any atom is -0.339 e. The Morgan fingerprint density at radius 3 is 2.56 bits per heavy atom. The standard InChI is InChI=1S/C17H23N7O2S/c1-2-4-14-21-22-17(27-14)20-13(25)5-6-15(26)23-9-11-24(12-10-23)16-18-7-3-8-19-16/h3,7-8H,2,4-6,9-12H2,1H3,(H,20,22,25). The van der Waals surface area contributed by atoms with Crippen molar-refractivity contribution >= 4 is 34.2 Å². The van der Waals surface area contributed by atoms with Crippen LogP contribution in [0.25, 0.3) is 0 Å². The fraction of sp³-hybridized carbons (Fsp3) is 0.529. The Bertz CT molecular complexity index is 760. The molecule has 3 rings (SSSR count). The molecule has 0 unspecified atom stereocenters. The fourth-order valence-electron chi connectivity index (χ4n) is 2.79. The number of hydrogen-bond acceptors (Lipinski definition) is 8. The Morgan fingerprint density at radius 2 is 1.85 bits per heavy atom. The summed E-state index contributed by atoms with van der Waals surface area (Å²) in [7, 11) is 0. The van der Waals surface area contributed by atoms with Gasteiger partial charge in [0.1, 0.15) is 5.01 Å². The predicted molar refractivity (Wildman–Crippen MR) is 103 cm³/mol. The first-order chi connectivity index (χ1) is 13.2. The molecule has 144 valence electrons. The molecule has 1 fully saturated rings. The first kappa shape index (κ1) is 19.2. The predicted octanol–water partition coefficient (Wildman–Crippen LogP) is 1.35. The Labute approximate surface area is 161 Å². The maximum atomic E-state index is 12.4. The molecule has 0 aromatic carbocycles. The summed E-state index contributed by atoms with van der Waals surface area (Å²) in [6, 6.07) is 1.78. The molecule has 0 spiro atoms. The van der Waals surface area contributed by atoms with Gasteiger partial charge in [-0.1, -0.05) is 18.3 Å². The van der Waals surface area contributed by atoms with Gasteiger partial charge in [0, 0.05) is 57.8 Å². The van der Waals surface area contributed by atoms with Crippen molar-refractivity contribution < 1.29 is 9.59 Å². The molecule has 1 aliphatic heterocycles. The van der Waals surface area contributed by atoms with Gasteiger partial charge >= 0.3 is 0 Å². The molecule has 1 saturated heterocycles. The van der Waals surface area contributed by atoms with Crippen LogP contribution in [0.5, 0.6) is 0 Å². The summed E-state index contributed by atoms with van der Waals surface area (Å²) in [5.41, 5.74) is 0. The van der Waals surface area contributed by atoms with Crippen LogP contribution < -0.4 is 10.2 Å². The summed E-state index contributed by atoms with van der Waals surface area (Å²) in [4.78, 5) is 36.7. The van der Waals surface area contributed by atoms with E-state index in [1.807, 2.05) is 0 Å². The van der Waals surface area contributed by atoms with Crippen molar-refractivity contribution in [1.29, 1.82) is 0 Å². The number of aromatic nitrogens is 4. The third-order valence-corrected chi connectivity index (χ3v) is 5.11. The Kier molecular flexibility index (Phi) is 6.64. The number of carbonyl (C=O) groups is 2. The third kappa shape index (κ3) is 5.43. The SMILES string of the molecule is CCCc1nnc(NC(=O)CCC(=O)N2CCN(c3ncccn3)CC2)s1. The van der Waals surface area contributed by atoms with Gasteiger partial charge < -0.3 is 15.1 Å². The first-order valence-electron chi connectivity index (χ1n) is 9.07. The largest absolute Gasteiger partial charge is 0.339 e. The highest BCUT2D eigenvalue weighted by Crippen LogP contribution is 2.17. The molecule has 0 aliphatic carbocycles. The van der Waals surface area contributed by atoms with Crippen LogP contribution in [0.4, 0.5) is 11.1 Å². The first-order valence-corrected chi connectivity index (χ1v) is 9.89. The van der Waals surface area contributed by atoms with Crippen LogP contribution in [-0.4, -0.2) is 63.1 Å². The number of carbonyl (C=O) groups excluding carboxylic acids is 2. The lowest BCUT2D eigenvalue weighted by Gasteiger charge is -2.34. The summed E-state index contributed by atoms with van der Waals surface area (Å²) >= 11 is 1.38. The summed E-state index contributed by atoms with van der Waals surface area (Å²) in [5, 5.41) is 12.1. The van der Waals surface area contributed by atoms with Crippen molar-refractivity contribution in [2.45, 2.75) is 32.6 Å². The average molecular weight is 389 g/mol. The molecule has 10 heteroatoms. The highest BCUT2D eigenvalue weighted by Gasteiger charge is 2.22. The van der Waals surface area contributed by atoms with Crippen LogP contribution in [-0.2, 0) is 16.0 Å². The van der Waals surface area contributed by atoms with E-state index < -0.39 is 0 Å². The number of aryl methyl sites for hydroxylation is 1. The van der Waals surface area contributed by atoms with E-state index in [9.17, 15) is 9.59 Å². The summed E-state index contributed by atoms with van der Waals surface area (Å²) in [6.07, 6.45) is 5.59. The quantitative estimate of drug-likeness (QED) is 0.762.